The van der Waals surface area contributed by atoms with Crippen molar-refractivity contribution in [2.24, 2.45) is 0 Å². The maximum Gasteiger partial charge on any atom is 0.164 e. The zero-order chi connectivity index (χ0) is 36.6. The van der Waals surface area contributed by atoms with Crippen LogP contribution >= 0.6 is 0 Å². The summed E-state index contributed by atoms with van der Waals surface area (Å²) in [5.41, 5.74) is 13.8. The molecule has 0 atom stereocenters. The molecule has 0 aliphatic carbocycles. The summed E-state index contributed by atoms with van der Waals surface area (Å²) in [7, 11) is 0. The molecule has 0 aliphatic heterocycles. The predicted octanol–water partition coefficient (Wildman–Crippen LogP) is 13.4. The summed E-state index contributed by atoms with van der Waals surface area (Å²) in [5, 5.41) is 2.18. The van der Waals surface area contributed by atoms with Crippen LogP contribution in [0.5, 0.6) is 0 Å². The van der Waals surface area contributed by atoms with Crippen molar-refractivity contribution in [2.45, 2.75) is 0 Å². The van der Waals surface area contributed by atoms with Crippen molar-refractivity contribution in [2.75, 3.05) is 0 Å². The lowest BCUT2D eigenvalue weighted by Crippen LogP contribution is -2.00. The highest BCUT2D eigenvalue weighted by Crippen LogP contribution is 2.39. The lowest BCUT2D eigenvalue weighted by atomic mass is 9.95. The van der Waals surface area contributed by atoms with Crippen LogP contribution in [0.3, 0.4) is 0 Å². The van der Waals surface area contributed by atoms with Crippen molar-refractivity contribution in [1.82, 2.24) is 15.0 Å². The third kappa shape index (κ3) is 6.26. The zero-order valence-electron chi connectivity index (χ0n) is 29.8. The van der Waals surface area contributed by atoms with Gasteiger partial charge < -0.3 is 4.42 Å². The van der Waals surface area contributed by atoms with Crippen LogP contribution in [0.25, 0.3) is 101 Å². The van der Waals surface area contributed by atoms with E-state index in [9.17, 15) is 0 Å². The van der Waals surface area contributed by atoms with E-state index < -0.39 is 0 Å². The smallest absolute Gasteiger partial charge is 0.164 e. The minimum atomic E-state index is 0.630. The molecule has 10 aromatic rings. The molecule has 8 aromatic carbocycles. The van der Waals surface area contributed by atoms with E-state index in [-0.39, 0.29) is 0 Å². The number of benzene rings is 8. The van der Waals surface area contributed by atoms with Crippen LogP contribution in [-0.2, 0) is 0 Å². The standard InChI is InChI=1S/C51H33N3O/c1-4-12-34(13-5-1)35-22-24-36(25-23-35)41-18-10-19-42(32-41)43-30-31-46-45(33-43)48-44(20-11-21-47(48)55-46)37-26-28-40(29-27-37)51-53-49(38-14-6-2-7-15-38)52-50(54-51)39-16-8-3-9-17-39/h1-33H. The van der Waals surface area contributed by atoms with Gasteiger partial charge in [0.2, 0.25) is 0 Å². The normalized spacial score (nSPS) is 11.3. The molecular weight excluding hydrogens is 671 g/mol. The molecule has 0 bridgehead atoms. The Labute approximate surface area is 319 Å². The quantitative estimate of drug-likeness (QED) is 0.166. The maximum atomic E-state index is 6.42. The minimum Gasteiger partial charge on any atom is -0.456 e. The van der Waals surface area contributed by atoms with Gasteiger partial charge in [0.1, 0.15) is 11.2 Å². The number of aromatic nitrogens is 3. The van der Waals surface area contributed by atoms with Gasteiger partial charge in [0.25, 0.3) is 0 Å². The van der Waals surface area contributed by atoms with Gasteiger partial charge in [-0.3, -0.25) is 0 Å². The summed E-state index contributed by atoms with van der Waals surface area (Å²) in [6, 6.07) is 69.4. The summed E-state index contributed by atoms with van der Waals surface area (Å²) in [6.45, 7) is 0. The summed E-state index contributed by atoms with van der Waals surface area (Å²) >= 11 is 0. The average Bonchev–Trinajstić information content (AvgIpc) is 3.66. The van der Waals surface area contributed by atoms with Crippen LogP contribution in [0.2, 0.25) is 0 Å². The van der Waals surface area contributed by atoms with Crippen LogP contribution in [0.15, 0.2) is 205 Å². The summed E-state index contributed by atoms with van der Waals surface area (Å²) < 4.78 is 6.42. The second kappa shape index (κ2) is 13.8. The highest BCUT2D eigenvalue weighted by atomic mass is 16.3. The lowest BCUT2D eigenvalue weighted by molar-refractivity contribution is 0.669. The van der Waals surface area contributed by atoms with Gasteiger partial charge in [-0.05, 0) is 68.8 Å². The van der Waals surface area contributed by atoms with Crippen molar-refractivity contribution in [3.05, 3.63) is 200 Å². The first kappa shape index (κ1) is 32.2. The largest absolute Gasteiger partial charge is 0.456 e. The van der Waals surface area contributed by atoms with Gasteiger partial charge in [0, 0.05) is 27.5 Å². The topological polar surface area (TPSA) is 51.8 Å². The predicted molar refractivity (Wildman–Crippen MR) is 225 cm³/mol. The van der Waals surface area contributed by atoms with E-state index in [1.54, 1.807) is 0 Å². The Kier molecular flexibility index (Phi) is 8.12. The molecule has 0 saturated carbocycles. The molecule has 55 heavy (non-hydrogen) atoms. The molecule has 0 fully saturated rings. The fourth-order valence-corrected chi connectivity index (χ4v) is 7.35. The molecule has 4 heteroatoms. The zero-order valence-corrected chi connectivity index (χ0v) is 29.8. The highest BCUT2D eigenvalue weighted by Gasteiger charge is 2.16. The Morgan fingerprint density at radius 3 is 1.27 bits per heavy atom. The van der Waals surface area contributed by atoms with Crippen LogP contribution in [-0.4, -0.2) is 15.0 Å². The van der Waals surface area contributed by atoms with E-state index in [0.717, 1.165) is 60.9 Å². The fourth-order valence-electron chi connectivity index (χ4n) is 7.35. The molecule has 258 valence electrons. The molecule has 2 aromatic heterocycles. The number of hydrogen-bond acceptors (Lipinski definition) is 4. The molecule has 0 aliphatic rings. The van der Waals surface area contributed by atoms with Gasteiger partial charge in [0.05, 0.1) is 0 Å². The van der Waals surface area contributed by atoms with Gasteiger partial charge in [-0.15, -0.1) is 0 Å². The van der Waals surface area contributed by atoms with Gasteiger partial charge in [0.15, 0.2) is 17.5 Å². The fraction of sp³-hybridized carbons (Fsp3) is 0. The molecule has 0 N–H and O–H groups in total. The molecule has 0 spiro atoms. The molecular formula is C51H33N3O. The van der Waals surface area contributed by atoms with E-state index in [0.29, 0.717) is 17.5 Å². The lowest BCUT2D eigenvalue weighted by Gasteiger charge is -2.10. The first-order valence-corrected chi connectivity index (χ1v) is 18.4. The van der Waals surface area contributed by atoms with Gasteiger partial charge in [-0.2, -0.15) is 0 Å². The number of nitrogens with zero attached hydrogens (tertiary/aromatic N) is 3. The van der Waals surface area contributed by atoms with Crippen LogP contribution in [0, 0.1) is 0 Å². The summed E-state index contributed by atoms with van der Waals surface area (Å²) in [4.78, 5) is 14.7. The molecule has 2 heterocycles. The Hall–Kier alpha value is -7.43. The first-order valence-electron chi connectivity index (χ1n) is 18.4. The third-order valence-electron chi connectivity index (χ3n) is 10.2. The Bertz CT molecular complexity index is 2880. The van der Waals surface area contributed by atoms with Crippen molar-refractivity contribution in [3.63, 3.8) is 0 Å². The molecule has 0 unspecified atom stereocenters. The van der Waals surface area contributed by atoms with Crippen LogP contribution in [0.1, 0.15) is 0 Å². The van der Waals surface area contributed by atoms with Gasteiger partial charge >= 0.3 is 0 Å². The Balaban J connectivity index is 1.00. The van der Waals surface area contributed by atoms with E-state index in [2.05, 4.69) is 127 Å². The molecule has 0 saturated heterocycles. The molecule has 4 nitrogen and oxygen atoms in total. The van der Waals surface area contributed by atoms with Crippen molar-refractivity contribution >= 4 is 21.9 Å². The Morgan fingerprint density at radius 2 is 0.673 bits per heavy atom. The SMILES string of the molecule is c1ccc(-c2ccc(-c3cccc(-c4ccc5oc6cccc(-c7ccc(-c8nc(-c9ccccc9)nc(-c9ccccc9)n8)cc7)c6c5c4)c3)cc2)cc1. The van der Waals surface area contributed by atoms with Crippen molar-refractivity contribution in [3.8, 4) is 78.7 Å². The average molecular weight is 704 g/mol. The second-order valence-corrected chi connectivity index (χ2v) is 13.6. The minimum absolute atomic E-state index is 0.630. The van der Waals surface area contributed by atoms with E-state index in [1.807, 2.05) is 72.8 Å². The number of fused-ring (bicyclic) bond motifs is 3. The maximum absolute atomic E-state index is 6.42. The summed E-state index contributed by atoms with van der Waals surface area (Å²) in [6.07, 6.45) is 0. The number of hydrogen-bond donors (Lipinski definition) is 0. The van der Waals surface area contributed by atoms with Gasteiger partial charge in [-0.25, -0.2) is 15.0 Å². The number of furan rings is 1. The second-order valence-electron chi connectivity index (χ2n) is 13.6. The van der Waals surface area contributed by atoms with Crippen LogP contribution in [0.4, 0.5) is 0 Å². The van der Waals surface area contributed by atoms with Gasteiger partial charge in [-0.1, -0.05) is 176 Å². The van der Waals surface area contributed by atoms with E-state index in [1.165, 1.54) is 22.3 Å². The van der Waals surface area contributed by atoms with E-state index in [4.69, 9.17) is 19.4 Å². The highest BCUT2D eigenvalue weighted by molar-refractivity contribution is 6.13. The summed E-state index contributed by atoms with van der Waals surface area (Å²) in [5.74, 6) is 1.92. The van der Waals surface area contributed by atoms with Crippen molar-refractivity contribution < 1.29 is 4.42 Å². The van der Waals surface area contributed by atoms with Crippen molar-refractivity contribution in [1.29, 1.82) is 0 Å². The Morgan fingerprint density at radius 1 is 0.273 bits per heavy atom. The monoisotopic (exact) mass is 703 g/mol. The first-order chi connectivity index (χ1) is 27.2. The molecule has 0 amide bonds. The molecule has 0 radical (unpaired) electrons. The third-order valence-corrected chi connectivity index (χ3v) is 10.2. The van der Waals surface area contributed by atoms with E-state index >= 15 is 0 Å². The number of rotatable bonds is 7. The molecule has 10 rings (SSSR count). The van der Waals surface area contributed by atoms with Crippen LogP contribution < -0.4 is 0 Å².